The zero-order valence-corrected chi connectivity index (χ0v) is 8.34. The van der Waals surface area contributed by atoms with Gasteiger partial charge in [-0.2, -0.15) is 0 Å². The highest BCUT2D eigenvalue weighted by Crippen LogP contribution is 2.18. The highest BCUT2D eigenvalue weighted by Gasteiger charge is 2.25. The summed E-state index contributed by atoms with van der Waals surface area (Å²) in [6, 6.07) is 0.432. The van der Waals surface area contributed by atoms with E-state index in [0.29, 0.717) is 25.4 Å². The number of hydrogen-bond acceptors (Lipinski definition) is 2. The highest BCUT2D eigenvalue weighted by molar-refractivity contribution is 5.78. The minimum absolute atomic E-state index is 0.102. The van der Waals surface area contributed by atoms with Crippen molar-refractivity contribution in [2.24, 2.45) is 0 Å². The Balaban J connectivity index is 1.66. The lowest BCUT2D eigenvalue weighted by Crippen LogP contribution is -2.42. The van der Waals surface area contributed by atoms with Crippen LogP contribution in [0, 0.1) is 0 Å². The molecule has 1 amide bonds. The second-order valence-electron chi connectivity index (χ2n) is 4.29. The van der Waals surface area contributed by atoms with Crippen molar-refractivity contribution >= 4 is 5.91 Å². The number of carbonyl (C=O) groups excluding carboxylic acids is 1. The first-order valence-corrected chi connectivity index (χ1v) is 5.40. The van der Waals surface area contributed by atoms with E-state index in [-0.39, 0.29) is 5.91 Å². The van der Waals surface area contributed by atoms with Crippen LogP contribution in [0.15, 0.2) is 0 Å². The quantitative estimate of drug-likeness (QED) is 0.727. The first kappa shape index (κ1) is 9.90. The van der Waals surface area contributed by atoms with Crippen LogP contribution in [-0.4, -0.2) is 42.7 Å². The van der Waals surface area contributed by atoms with E-state index in [9.17, 15) is 9.18 Å². The molecular weight excluding hydrogens is 183 g/mol. The number of nitrogens with zero attached hydrogens (tertiary/aromatic N) is 1. The Labute approximate surface area is 83.6 Å². The van der Waals surface area contributed by atoms with Crippen molar-refractivity contribution in [3.8, 4) is 0 Å². The molecule has 14 heavy (non-hydrogen) atoms. The Morgan fingerprint density at radius 3 is 2.50 bits per heavy atom. The van der Waals surface area contributed by atoms with Crippen LogP contribution in [0.4, 0.5) is 4.39 Å². The standard InChI is InChI=1S/C10H17FN2O/c11-8-3-5-13(6-4-8)7-10(14)12-9-1-2-9/h8-9H,1-7H2,(H,12,14). The third kappa shape index (κ3) is 2.94. The minimum Gasteiger partial charge on any atom is -0.352 e. The van der Waals surface area contributed by atoms with Gasteiger partial charge in [0.1, 0.15) is 6.17 Å². The molecule has 2 fully saturated rings. The summed E-state index contributed by atoms with van der Waals surface area (Å²) in [5.74, 6) is 0.102. The minimum atomic E-state index is -0.655. The number of carbonyl (C=O) groups is 1. The molecule has 0 radical (unpaired) electrons. The van der Waals surface area contributed by atoms with Crippen LogP contribution in [0.25, 0.3) is 0 Å². The number of nitrogens with one attached hydrogen (secondary N) is 1. The molecule has 2 rings (SSSR count). The fraction of sp³-hybridized carbons (Fsp3) is 0.900. The maximum atomic E-state index is 12.8. The van der Waals surface area contributed by atoms with E-state index < -0.39 is 6.17 Å². The summed E-state index contributed by atoms with van der Waals surface area (Å²) >= 11 is 0. The normalized spacial score (nSPS) is 24.9. The molecule has 1 N–H and O–H groups in total. The second kappa shape index (κ2) is 4.26. The maximum absolute atomic E-state index is 12.8. The summed E-state index contributed by atoms with van der Waals surface area (Å²) < 4.78 is 12.8. The van der Waals surface area contributed by atoms with E-state index in [0.717, 1.165) is 25.9 Å². The van der Waals surface area contributed by atoms with Crippen molar-refractivity contribution in [1.29, 1.82) is 0 Å². The van der Waals surface area contributed by atoms with E-state index in [1.165, 1.54) is 0 Å². The monoisotopic (exact) mass is 200 g/mol. The average Bonchev–Trinajstić information content (AvgIpc) is 2.93. The highest BCUT2D eigenvalue weighted by atomic mass is 19.1. The third-order valence-electron chi connectivity index (χ3n) is 2.83. The lowest BCUT2D eigenvalue weighted by Gasteiger charge is -2.27. The number of hydrogen-bond donors (Lipinski definition) is 1. The van der Waals surface area contributed by atoms with Gasteiger partial charge in [0, 0.05) is 19.1 Å². The molecule has 0 atom stereocenters. The van der Waals surface area contributed by atoms with E-state index in [1.807, 2.05) is 4.90 Å². The van der Waals surface area contributed by atoms with Crippen molar-refractivity contribution < 1.29 is 9.18 Å². The molecule has 0 aromatic rings. The average molecular weight is 200 g/mol. The zero-order chi connectivity index (χ0) is 9.97. The molecule has 1 saturated carbocycles. The van der Waals surface area contributed by atoms with Crippen molar-refractivity contribution in [3.05, 3.63) is 0 Å². The Kier molecular flexibility index (Phi) is 3.01. The first-order chi connectivity index (χ1) is 6.74. The molecule has 0 aromatic carbocycles. The van der Waals surface area contributed by atoms with Gasteiger partial charge in [0.2, 0.25) is 5.91 Å². The molecule has 4 heteroatoms. The molecule has 3 nitrogen and oxygen atoms in total. The van der Waals surface area contributed by atoms with E-state index >= 15 is 0 Å². The van der Waals surface area contributed by atoms with Gasteiger partial charge >= 0.3 is 0 Å². The number of alkyl halides is 1. The third-order valence-corrected chi connectivity index (χ3v) is 2.83. The molecule has 0 unspecified atom stereocenters. The van der Waals surface area contributed by atoms with Crippen molar-refractivity contribution in [1.82, 2.24) is 10.2 Å². The van der Waals surface area contributed by atoms with Crippen molar-refractivity contribution in [2.45, 2.75) is 37.9 Å². The van der Waals surface area contributed by atoms with Gasteiger partial charge in [0.05, 0.1) is 6.54 Å². The van der Waals surface area contributed by atoms with Crippen LogP contribution >= 0.6 is 0 Å². The lowest BCUT2D eigenvalue weighted by molar-refractivity contribution is -0.122. The number of amides is 1. The molecule has 1 heterocycles. The van der Waals surface area contributed by atoms with Crippen molar-refractivity contribution in [3.63, 3.8) is 0 Å². The molecule has 0 spiro atoms. The molecule has 2 aliphatic rings. The molecule has 1 aliphatic carbocycles. The summed E-state index contributed by atoms with van der Waals surface area (Å²) in [5, 5.41) is 2.94. The van der Waals surface area contributed by atoms with Crippen LogP contribution in [0.2, 0.25) is 0 Å². The van der Waals surface area contributed by atoms with E-state index in [2.05, 4.69) is 5.32 Å². The maximum Gasteiger partial charge on any atom is 0.234 e. The Morgan fingerprint density at radius 2 is 1.93 bits per heavy atom. The second-order valence-corrected chi connectivity index (χ2v) is 4.29. The summed E-state index contributed by atoms with van der Waals surface area (Å²) in [6.07, 6.45) is 2.75. The predicted molar refractivity (Wildman–Crippen MR) is 51.7 cm³/mol. The van der Waals surface area contributed by atoms with Gasteiger partial charge in [-0.1, -0.05) is 0 Å². The van der Waals surface area contributed by atoms with Crippen LogP contribution in [0.1, 0.15) is 25.7 Å². The Morgan fingerprint density at radius 1 is 1.29 bits per heavy atom. The van der Waals surface area contributed by atoms with E-state index in [4.69, 9.17) is 0 Å². The summed E-state index contributed by atoms with van der Waals surface area (Å²) in [4.78, 5) is 13.4. The fourth-order valence-corrected chi connectivity index (χ4v) is 1.76. The smallest absolute Gasteiger partial charge is 0.234 e. The molecule has 80 valence electrons. The zero-order valence-electron chi connectivity index (χ0n) is 8.34. The summed E-state index contributed by atoms with van der Waals surface area (Å²) in [6.45, 7) is 1.89. The van der Waals surface area contributed by atoms with Gasteiger partial charge in [0.25, 0.3) is 0 Å². The molecule has 1 aliphatic heterocycles. The van der Waals surface area contributed by atoms with Crippen LogP contribution < -0.4 is 5.32 Å². The topological polar surface area (TPSA) is 32.3 Å². The number of piperidine rings is 1. The van der Waals surface area contributed by atoms with Gasteiger partial charge in [-0.05, 0) is 25.7 Å². The largest absolute Gasteiger partial charge is 0.352 e. The van der Waals surface area contributed by atoms with Gasteiger partial charge in [-0.3, -0.25) is 9.69 Å². The first-order valence-electron chi connectivity index (χ1n) is 5.40. The van der Waals surface area contributed by atoms with Gasteiger partial charge in [-0.25, -0.2) is 4.39 Å². The van der Waals surface area contributed by atoms with Crippen LogP contribution in [-0.2, 0) is 4.79 Å². The predicted octanol–water partition coefficient (Wildman–Crippen LogP) is 0.699. The molecule has 0 bridgehead atoms. The van der Waals surface area contributed by atoms with Crippen LogP contribution in [0.3, 0.4) is 0 Å². The Bertz CT molecular complexity index is 210. The summed E-state index contributed by atoms with van der Waals surface area (Å²) in [5.41, 5.74) is 0. The molecular formula is C10H17FN2O. The van der Waals surface area contributed by atoms with E-state index in [1.54, 1.807) is 0 Å². The van der Waals surface area contributed by atoms with Gasteiger partial charge in [-0.15, -0.1) is 0 Å². The number of rotatable bonds is 3. The fourth-order valence-electron chi connectivity index (χ4n) is 1.76. The van der Waals surface area contributed by atoms with Crippen molar-refractivity contribution in [2.75, 3.05) is 19.6 Å². The Hall–Kier alpha value is -0.640. The van der Waals surface area contributed by atoms with Crippen LogP contribution in [0.5, 0.6) is 0 Å². The number of likely N-dealkylation sites (tertiary alicyclic amines) is 1. The SMILES string of the molecule is O=C(CN1CCC(F)CC1)NC1CC1. The van der Waals surface area contributed by atoms with Gasteiger partial charge < -0.3 is 5.32 Å². The lowest BCUT2D eigenvalue weighted by atomic mass is 10.1. The molecule has 0 aromatic heterocycles. The summed E-state index contributed by atoms with van der Waals surface area (Å²) in [7, 11) is 0. The van der Waals surface area contributed by atoms with Gasteiger partial charge in [0.15, 0.2) is 0 Å². The molecule has 1 saturated heterocycles. The number of halogens is 1.